The molecule has 5 nitrogen and oxygen atoms in total. The molecule has 3 rings (SSSR count). The second kappa shape index (κ2) is 4.89. The summed E-state index contributed by atoms with van der Waals surface area (Å²) in [6, 6.07) is 1.96. The maximum Gasteiger partial charge on any atom is 0.163 e. The molecular weight excluding hydrogens is 238 g/mol. The van der Waals surface area contributed by atoms with Crippen molar-refractivity contribution in [2.45, 2.75) is 45.4 Å². The molecule has 102 valence electrons. The van der Waals surface area contributed by atoms with Gasteiger partial charge in [-0.1, -0.05) is 19.3 Å². The van der Waals surface area contributed by atoms with E-state index in [-0.39, 0.29) is 5.41 Å². The van der Waals surface area contributed by atoms with Gasteiger partial charge in [0, 0.05) is 18.2 Å². The molecular formula is C14H21N5. The van der Waals surface area contributed by atoms with Crippen molar-refractivity contribution in [1.29, 1.82) is 0 Å². The highest BCUT2D eigenvalue weighted by Crippen LogP contribution is 2.37. The lowest BCUT2D eigenvalue weighted by atomic mass is 9.72. The predicted molar refractivity (Wildman–Crippen MR) is 73.8 cm³/mol. The maximum absolute atomic E-state index is 6.05. The number of rotatable bonds is 3. The average molecular weight is 259 g/mol. The van der Waals surface area contributed by atoms with Gasteiger partial charge in [-0.2, -0.15) is 0 Å². The Balaban J connectivity index is 1.91. The summed E-state index contributed by atoms with van der Waals surface area (Å²) in [5.41, 5.74) is 8.11. The molecule has 1 saturated carbocycles. The molecule has 0 atom stereocenters. The van der Waals surface area contributed by atoms with Gasteiger partial charge in [0.15, 0.2) is 5.65 Å². The van der Waals surface area contributed by atoms with Crippen molar-refractivity contribution >= 4 is 5.65 Å². The summed E-state index contributed by atoms with van der Waals surface area (Å²) < 4.78 is 2.00. The minimum atomic E-state index is 0.214. The van der Waals surface area contributed by atoms with Crippen molar-refractivity contribution in [3.05, 3.63) is 23.9 Å². The van der Waals surface area contributed by atoms with Gasteiger partial charge in [-0.15, -0.1) is 10.2 Å². The number of hydrogen-bond acceptors (Lipinski definition) is 4. The van der Waals surface area contributed by atoms with Gasteiger partial charge in [0.05, 0.1) is 0 Å². The zero-order valence-electron chi connectivity index (χ0n) is 11.5. The first kappa shape index (κ1) is 12.5. The minimum Gasteiger partial charge on any atom is -0.330 e. The predicted octanol–water partition coefficient (Wildman–Crippen LogP) is 1.88. The van der Waals surface area contributed by atoms with E-state index < -0.39 is 0 Å². The lowest BCUT2D eigenvalue weighted by Crippen LogP contribution is -2.35. The second-order valence-corrected chi connectivity index (χ2v) is 5.82. The molecule has 0 aliphatic heterocycles. The Hall–Kier alpha value is -1.49. The second-order valence-electron chi connectivity index (χ2n) is 5.82. The molecule has 0 spiro atoms. The Labute approximate surface area is 113 Å². The van der Waals surface area contributed by atoms with Crippen molar-refractivity contribution in [2.24, 2.45) is 11.1 Å². The monoisotopic (exact) mass is 259 g/mol. The van der Waals surface area contributed by atoms with Crippen LogP contribution in [0, 0.1) is 12.3 Å². The van der Waals surface area contributed by atoms with Crippen LogP contribution in [0.15, 0.2) is 12.4 Å². The number of aryl methyl sites for hydroxylation is 1. The SMILES string of the molecule is Cc1cc2nnc(CC3(CN)CCCCC3)n2cn1. The van der Waals surface area contributed by atoms with Crippen molar-refractivity contribution in [2.75, 3.05) is 6.54 Å². The fourth-order valence-electron chi connectivity index (χ4n) is 3.15. The van der Waals surface area contributed by atoms with Gasteiger partial charge in [-0.3, -0.25) is 4.40 Å². The molecule has 2 aromatic rings. The molecule has 0 amide bonds. The first-order valence-corrected chi connectivity index (χ1v) is 7.09. The molecule has 0 aromatic carbocycles. The molecule has 0 unspecified atom stereocenters. The number of hydrogen-bond donors (Lipinski definition) is 1. The average Bonchev–Trinajstić information content (AvgIpc) is 2.82. The number of nitrogens with two attached hydrogens (primary N) is 1. The lowest BCUT2D eigenvalue weighted by Gasteiger charge is -2.35. The van der Waals surface area contributed by atoms with E-state index in [4.69, 9.17) is 5.73 Å². The Morgan fingerprint density at radius 1 is 1.26 bits per heavy atom. The summed E-state index contributed by atoms with van der Waals surface area (Å²) in [7, 11) is 0. The Kier molecular flexibility index (Phi) is 3.22. The summed E-state index contributed by atoms with van der Waals surface area (Å²) in [4.78, 5) is 4.33. The van der Waals surface area contributed by atoms with Crippen LogP contribution >= 0.6 is 0 Å². The standard InChI is InChI=1S/C14H21N5/c1-11-7-12-17-18-13(19(12)10-16-11)8-14(9-15)5-3-2-4-6-14/h7,10H,2-6,8-9,15H2,1H3. The number of aromatic nitrogens is 4. The number of nitrogens with zero attached hydrogens (tertiary/aromatic N) is 4. The van der Waals surface area contributed by atoms with E-state index in [2.05, 4.69) is 15.2 Å². The van der Waals surface area contributed by atoms with Crippen molar-refractivity contribution in [3.8, 4) is 0 Å². The Morgan fingerprint density at radius 3 is 2.79 bits per heavy atom. The Morgan fingerprint density at radius 2 is 2.05 bits per heavy atom. The van der Waals surface area contributed by atoms with Gasteiger partial charge >= 0.3 is 0 Å². The molecule has 5 heteroatoms. The third-order valence-corrected chi connectivity index (χ3v) is 4.39. The zero-order valence-corrected chi connectivity index (χ0v) is 11.5. The molecule has 0 radical (unpaired) electrons. The molecule has 19 heavy (non-hydrogen) atoms. The largest absolute Gasteiger partial charge is 0.330 e. The molecule has 1 aliphatic rings. The topological polar surface area (TPSA) is 69.1 Å². The zero-order chi connectivity index (χ0) is 13.3. The van der Waals surface area contributed by atoms with Crippen LogP contribution in [0.2, 0.25) is 0 Å². The van der Waals surface area contributed by atoms with E-state index in [0.717, 1.165) is 30.1 Å². The highest BCUT2D eigenvalue weighted by atomic mass is 15.3. The van der Waals surface area contributed by atoms with Gasteiger partial charge in [0.1, 0.15) is 12.2 Å². The van der Waals surface area contributed by atoms with Crippen molar-refractivity contribution < 1.29 is 0 Å². The first-order valence-electron chi connectivity index (χ1n) is 7.09. The molecule has 0 saturated heterocycles. The van der Waals surface area contributed by atoms with Crippen LogP contribution in [0.1, 0.15) is 43.6 Å². The van der Waals surface area contributed by atoms with E-state index in [1.807, 2.05) is 23.7 Å². The van der Waals surface area contributed by atoms with Crippen LogP contribution in [0.4, 0.5) is 0 Å². The third-order valence-electron chi connectivity index (χ3n) is 4.39. The maximum atomic E-state index is 6.05. The first-order chi connectivity index (χ1) is 9.22. The van der Waals surface area contributed by atoms with Gasteiger partial charge < -0.3 is 5.73 Å². The number of fused-ring (bicyclic) bond motifs is 1. The fraction of sp³-hybridized carbons (Fsp3) is 0.643. The summed E-state index contributed by atoms with van der Waals surface area (Å²) in [5.74, 6) is 0.995. The molecule has 2 aromatic heterocycles. The quantitative estimate of drug-likeness (QED) is 0.913. The molecule has 0 bridgehead atoms. The summed E-state index contributed by atoms with van der Waals surface area (Å²) in [5, 5.41) is 8.58. The van der Waals surface area contributed by atoms with E-state index in [1.54, 1.807) is 0 Å². The van der Waals surface area contributed by atoms with E-state index in [1.165, 1.54) is 32.1 Å². The normalized spacial score (nSPS) is 18.8. The van der Waals surface area contributed by atoms with E-state index in [9.17, 15) is 0 Å². The van der Waals surface area contributed by atoms with Crippen LogP contribution in [0.3, 0.4) is 0 Å². The summed E-state index contributed by atoms with van der Waals surface area (Å²) >= 11 is 0. The summed E-state index contributed by atoms with van der Waals surface area (Å²) in [6.45, 7) is 2.71. The van der Waals surface area contributed by atoms with Crippen LogP contribution in [0.25, 0.3) is 5.65 Å². The smallest absolute Gasteiger partial charge is 0.163 e. The lowest BCUT2D eigenvalue weighted by molar-refractivity contribution is 0.193. The molecule has 2 heterocycles. The summed E-state index contributed by atoms with van der Waals surface area (Å²) in [6.07, 6.45) is 9.05. The van der Waals surface area contributed by atoms with E-state index >= 15 is 0 Å². The van der Waals surface area contributed by atoms with Gasteiger partial charge in [0.25, 0.3) is 0 Å². The van der Waals surface area contributed by atoms with Gasteiger partial charge in [-0.25, -0.2) is 4.98 Å². The highest BCUT2D eigenvalue weighted by molar-refractivity contribution is 5.38. The van der Waals surface area contributed by atoms with Crippen LogP contribution in [-0.2, 0) is 6.42 Å². The molecule has 1 fully saturated rings. The van der Waals surface area contributed by atoms with Crippen LogP contribution in [0.5, 0.6) is 0 Å². The van der Waals surface area contributed by atoms with Gasteiger partial charge in [-0.05, 0) is 31.7 Å². The highest BCUT2D eigenvalue weighted by Gasteiger charge is 2.32. The van der Waals surface area contributed by atoms with E-state index in [0.29, 0.717) is 0 Å². The van der Waals surface area contributed by atoms with Crippen molar-refractivity contribution in [3.63, 3.8) is 0 Å². The minimum absolute atomic E-state index is 0.214. The third kappa shape index (κ3) is 2.34. The van der Waals surface area contributed by atoms with Gasteiger partial charge in [0.2, 0.25) is 0 Å². The molecule has 1 aliphatic carbocycles. The Bertz CT molecular complexity index is 568. The van der Waals surface area contributed by atoms with Crippen LogP contribution < -0.4 is 5.73 Å². The van der Waals surface area contributed by atoms with Crippen LogP contribution in [-0.4, -0.2) is 26.1 Å². The fourth-order valence-corrected chi connectivity index (χ4v) is 3.15. The van der Waals surface area contributed by atoms with Crippen molar-refractivity contribution in [1.82, 2.24) is 19.6 Å². The molecule has 2 N–H and O–H groups in total.